The molecule has 0 aliphatic rings. The second-order valence-electron chi connectivity index (χ2n) is 3.95. The molecule has 0 aliphatic carbocycles. The minimum Gasteiger partial charge on any atom is -0.512 e. The fourth-order valence-corrected chi connectivity index (χ4v) is 1.42. The van der Waals surface area contributed by atoms with Crippen LogP contribution in [0.2, 0.25) is 0 Å². The molecule has 2 aromatic rings. The smallest absolute Gasteiger partial charge is 0.155 e. The molecule has 20 heavy (non-hydrogen) atoms. The molecule has 1 N–H and O–H groups in total. The second-order valence-corrected chi connectivity index (χ2v) is 3.95. The molecule has 0 unspecified atom stereocenters. The number of carbonyl (C=O) groups is 1. The van der Waals surface area contributed by atoms with Gasteiger partial charge in [-0.3, -0.25) is 4.79 Å². The average molecular weight is 445 g/mol. The molecule has 0 aromatic heterocycles. The van der Waals surface area contributed by atoms with Gasteiger partial charge in [-0.2, -0.15) is 48.5 Å². The van der Waals surface area contributed by atoms with E-state index >= 15 is 0 Å². The first-order chi connectivity index (χ1) is 9.09. The van der Waals surface area contributed by atoms with Gasteiger partial charge in [-0.25, -0.2) is 11.1 Å². The normalized spacial score (nSPS) is 9.80. The van der Waals surface area contributed by atoms with Crippen LogP contribution in [0.4, 0.5) is 0 Å². The third kappa shape index (κ3) is 7.67. The summed E-state index contributed by atoms with van der Waals surface area (Å²) in [6.45, 7) is 2.85. The molecule has 0 heterocycles. The van der Waals surface area contributed by atoms with Crippen LogP contribution >= 0.6 is 0 Å². The molecule has 2 rings (SSSR count). The maximum Gasteiger partial charge on any atom is 0.155 e. The summed E-state index contributed by atoms with van der Waals surface area (Å²) >= 11 is 0. The van der Waals surface area contributed by atoms with Gasteiger partial charge < -0.3 is 5.11 Å². The Balaban J connectivity index is 0.000000396. The Bertz CT molecular complexity index is 492. The van der Waals surface area contributed by atoms with Crippen LogP contribution in [-0.4, -0.2) is 10.9 Å². The van der Waals surface area contributed by atoms with E-state index in [1.807, 2.05) is 48.5 Å². The van der Waals surface area contributed by atoms with Crippen LogP contribution in [0.15, 0.2) is 60.4 Å². The van der Waals surface area contributed by atoms with Crippen LogP contribution in [0.5, 0.6) is 0 Å². The number of hydrogen-bond donors (Lipinski definition) is 1. The first-order valence-corrected chi connectivity index (χ1v) is 5.91. The summed E-state index contributed by atoms with van der Waals surface area (Å²) in [5.74, 6) is -0.0625. The van der Waals surface area contributed by atoms with E-state index < -0.39 is 0 Å². The number of aliphatic hydroxyl groups is 1. The van der Waals surface area contributed by atoms with Crippen molar-refractivity contribution in [3.05, 3.63) is 72.5 Å². The monoisotopic (exact) mass is 445 g/mol. The number of allylic oxidation sites excluding steroid dienone is 2. The molecule has 0 fully saturated rings. The maximum absolute atomic E-state index is 10.0. The minimum absolute atomic E-state index is 0. The molecule has 0 spiro atoms. The molecule has 1 radical (unpaired) electrons. The fraction of sp³-hybridized carbons (Fsp3) is 0.118. The van der Waals surface area contributed by atoms with Crippen molar-refractivity contribution in [1.82, 2.24) is 0 Å². The first-order valence-electron chi connectivity index (χ1n) is 5.91. The van der Waals surface area contributed by atoms with E-state index in [4.69, 9.17) is 5.11 Å². The molecule has 0 bridgehead atoms. The third-order valence-corrected chi connectivity index (χ3v) is 2.12. The molecule has 0 saturated carbocycles. The fourth-order valence-electron chi connectivity index (χ4n) is 1.42. The topological polar surface area (TPSA) is 37.3 Å². The summed E-state index contributed by atoms with van der Waals surface area (Å²) in [5, 5.41) is 8.36. The van der Waals surface area contributed by atoms with Crippen LogP contribution in [0.25, 0.3) is 11.1 Å². The van der Waals surface area contributed by atoms with Gasteiger partial charge in [-0.1, -0.05) is 0 Å². The van der Waals surface area contributed by atoms with Gasteiger partial charge >= 0.3 is 0 Å². The largest absolute Gasteiger partial charge is 0.512 e. The average Bonchev–Trinajstić information content (AvgIpc) is 2.40. The molecule has 107 valence electrons. The summed E-state index contributed by atoms with van der Waals surface area (Å²) in [4.78, 5) is 10.0. The van der Waals surface area contributed by atoms with Crippen molar-refractivity contribution in [2.24, 2.45) is 0 Å². The van der Waals surface area contributed by atoms with Crippen LogP contribution < -0.4 is 0 Å². The second kappa shape index (κ2) is 10.1. The van der Waals surface area contributed by atoms with Gasteiger partial charge in [-0.05, 0) is 13.8 Å². The molecule has 2 nitrogen and oxygen atoms in total. The zero-order chi connectivity index (χ0) is 14.1. The first kappa shape index (κ1) is 18.3. The van der Waals surface area contributed by atoms with E-state index in [9.17, 15) is 4.79 Å². The van der Waals surface area contributed by atoms with Gasteiger partial charge in [0.1, 0.15) is 0 Å². The third-order valence-electron chi connectivity index (χ3n) is 2.12. The summed E-state index contributed by atoms with van der Waals surface area (Å²) in [5.41, 5.74) is 2.19. The van der Waals surface area contributed by atoms with Gasteiger partial charge in [0.05, 0.1) is 5.76 Å². The number of aliphatic hydroxyl groups excluding tert-OH is 1. The van der Waals surface area contributed by atoms with E-state index in [0.717, 1.165) is 11.1 Å². The predicted octanol–water partition coefficient (Wildman–Crippen LogP) is 3.99. The Morgan fingerprint density at radius 1 is 1.00 bits per heavy atom. The molecule has 0 atom stereocenters. The number of rotatable bonds is 2. The molecular weight excluding hydrogens is 428 g/mol. The summed E-state index contributed by atoms with van der Waals surface area (Å²) in [6, 6.07) is 22.1. The van der Waals surface area contributed by atoms with Crippen molar-refractivity contribution in [2.75, 3.05) is 0 Å². The van der Waals surface area contributed by atoms with E-state index in [0.29, 0.717) is 0 Å². The Morgan fingerprint density at radius 3 is 1.65 bits per heavy atom. The van der Waals surface area contributed by atoms with Crippen molar-refractivity contribution in [2.45, 2.75) is 13.8 Å². The molecule has 0 saturated heterocycles. The minimum atomic E-state index is -0.125. The van der Waals surface area contributed by atoms with Gasteiger partial charge in [0.15, 0.2) is 5.78 Å². The summed E-state index contributed by atoms with van der Waals surface area (Å²) in [6.07, 6.45) is 1.17. The van der Waals surface area contributed by atoms with Crippen molar-refractivity contribution >= 4 is 5.78 Å². The Kier molecular flexibility index (Phi) is 9.27. The van der Waals surface area contributed by atoms with Crippen molar-refractivity contribution in [3.8, 4) is 11.1 Å². The molecule has 2 aromatic carbocycles. The van der Waals surface area contributed by atoms with E-state index in [1.165, 1.54) is 19.9 Å². The summed E-state index contributed by atoms with van der Waals surface area (Å²) < 4.78 is 0. The Morgan fingerprint density at radius 2 is 1.45 bits per heavy atom. The number of hydrogen-bond acceptors (Lipinski definition) is 2. The van der Waals surface area contributed by atoms with Gasteiger partial charge in [0.2, 0.25) is 0 Å². The van der Waals surface area contributed by atoms with E-state index in [2.05, 4.69) is 12.1 Å². The van der Waals surface area contributed by atoms with Gasteiger partial charge in [0, 0.05) is 26.2 Å². The maximum atomic E-state index is 10.0. The zero-order valence-electron chi connectivity index (χ0n) is 11.4. The van der Waals surface area contributed by atoms with Gasteiger partial charge in [-0.15, -0.1) is 12.1 Å². The van der Waals surface area contributed by atoms with E-state index in [1.54, 1.807) is 0 Å². The number of ketones is 1. The SMILES string of the molecule is CC(=O)/C=C(/C)O.[Ir].[c-]1ccccc1-c1[c-]cccc1. The van der Waals surface area contributed by atoms with Crippen LogP contribution in [0.1, 0.15) is 13.8 Å². The van der Waals surface area contributed by atoms with E-state index in [-0.39, 0.29) is 31.6 Å². The molecule has 0 amide bonds. The Labute approximate surface area is 133 Å². The zero-order valence-corrected chi connectivity index (χ0v) is 13.8. The summed E-state index contributed by atoms with van der Waals surface area (Å²) in [7, 11) is 0. The number of carbonyl (C=O) groups excluding carboxylic acids is 1. The van der Waals surface area contributed by atoms with Crippen molar-refractivity contribution < 1.29 is 30.0 Å². The van der Waals surface area contributed by atoms with Crippen LogP contribution in [-0.2, 0) is 24.9 Å². The van der Waals surface area contributed by atoms with Gasteiger partial charge in [0.25, 0.3) is 0 Å². The standard InChI is InChI=1S/C12H8.C5H8O2.Ir/c1-3-7-11(8-4-1)12-9-5-2-6-10-12;1-4(6)3-5(2)7;/h1-7,9H;3,6H,1-2H3;/q-2;;/b;4-3-;. The molecule has 0 aliphatic heterocycles. The predicted molar refractivity (Wildman–Crippen MR) is 76.6 cm³/mol. The van der Waals surface area contributed by atoms with Crippen LogP contribution in [0, 0.1) is 12.1 Å². The molecular formula is C17H16IrO2-2. The Hall–Kier alpha value is -1.70. The molecule has 3 heteroatoms. The number of benzene rings is 2. The van der Waals surface area contributed by atoms with Crippen molar-refractivity contribution in [1.29, 1.82) is 0 Å². The quantitative estimate of drug-likeness (QED) is 0.432. The van der Waals surface area contributed by atoms with Crippen molar-refractivity contribution in [3.63, 3.8) is 0 Å². The van der Waals surface area contributed by atoms with Crippen LogP contribution in [0.3, 0.4) is 0 Å².